The molecule has 1 saturated heterocycles. The summed E-state index contributed by atoms with van der Waals surface area (Å²) in [4.78, 5) is 6.71. The second kappa shape index (κ2) is 6.13. The van der Waals surface area contributed by atoms with Gasteiger partial charge in [-0.25, -0.2) is 10.8 Å². The molecule has 1 aromatic rings. The monoisotopic (exact) mass is 250 g/mol. The summed E-state index contributed by atoms with van der Waals surface area (Å²) in [5.74, 6) is 6.00. The molecule has 0 radical (unpaired) electrons. The lowest BCUT2D eigenvalue weighted by molar-refractivity contribution is -0.0592. The van der Waals surface area contributed by atoms with Crippen LogP contribution in [0.15, 0.2) is 18.3 Å². The number of ether oxygens (including phenoxy) is 1. The summed E-state index contributed by atoms with van der Waals surface area (Å²) in [6.45, 7) is 7.06. The van der Waals surface area contributed by atoms with Crippen LogP contribution in [0.3, 0.4) is 0 Å². The van der Waals surface area contributed by atoms with Gasteiger partial charge in [0.1, 0.15) is 5.82 Å². The maximum Gasteiger partial charge on any atom is 0.139 e. The molecule has 5 heteroatoms. The minimum absolute atomic E-state index is 0.311. The van der Waals surface area contributed by atoms with E-state index in [9.17, 15) is 0 Å². The molecule has 2 unspecified atom stereocenters. The molecule has 2 rings (SSSR count). The number of pyridine rings is 1. The van der Waals surface area contributed by atoms with Gasteiger partial charge in [0.25, 0.3) is 0 Å². The SMILES string of the molecule is CCC1COC(C)CN1Cc1ccc(NN)nc1. The summed E-state index contributed by atoms with van der Waals surface area (Å²) in [5.41, 5.74) is 3.75. The van der Waals surface area contributed by atoms with Crippen LogP contribution in [0.5, 0.6) is 0 Å². The first-order valence-corrected chi connectivity index (χ1v) is 6.50. The predicted molar refractivity (Wildman–Crippen MR) is 72.0 cm³/mol. The fraction of sp³-hybridized carbons (Fsp3) is 0.615. The quantitative estimate of drug-likeness (QED) is 0.624. The van der Waals surface area contributed by atoms with Gasteiger partial charge in [-0.3, -0.25) is 4.90 Å². The highest BCUT2D eigenvalue weighted by atomic mass is 16.5. The van der Waals surface area contributed by atoms with Crippen LogP contribution in [0, 0.1) is 0 Å². The number of anilines is 1. The Balaban J connectivity index is 2.01. The predicted octanol–water partition coefficient (Wildman–Crippen LogP) is 1.37. The molecule has 2 atom stereocenters. The lowest BCUT2D eigenvalue weighted by Gasteiger charge is -2.38. The molecular formula is C13H22N4O. The van der Waals surface area contributed by atoms with Gasteiger partial charge >= 0.3 is 0 Å². The van der Waals surface area contributed by atoms with Crippen molar-refractivity contribution < 1.29 is 4.74 Å². The van der Waals surface area contributed by atoms with E-state index in [4.69, 9.17) is 10.6 Å². The number of hydrogen-bond acceptors (Lipinski definition) is 5. The standard InChI is InChI=1S/C13H22N4O/c1-3-12-9-18-10(2)7-17(12)8-11-4-5-13(16-14)15-6-11/h4-6,10,12H,3,7-9,14H2,1-2H3,(H,15,16). The van der Waals surface area contributed by atoms with E-state index in [2.05, 4.69) is 35.2 Å². The van der Waals surface area contributed by atoms with Gasteiger partial charge in [-0.2, -0.15) is 0 Å². The van der Waals surface area contributed by atoms with Gasteiger partial charge in [0.2, 0.25) is 0 Å². The van der Waals surface area contributed by atoms with Crippen molar-refractivity contribution in [1.29, 1.82) is 0 Å². The van der Waals surface area contributed by atoms with Crippen molar-refractivity contribution >= 4 is 5.82 Å². The van der Waals surface area contributed by atoms with Gasteiger partial charge in [0.05, 0.1) is 12.7 Å². The smallest absolute Gasteiger partial charge is 0.139 e. The fourth-order valence-electron chi connectivity index (χ4n) is 2.32. The van der Waals surface area contributed by atoms with Crippen molar-refractivity contribution in [3.63, 3.8) is 0 Å². The van der Waals surface area contributed by atoms with Crippen molar-refractivity contribution in [2.45, 2.75) is 39.0 Å². The molecular weight excluding hydrogens is 228 g/mol. The van der Waals surface area contributed by atoms with E-state index >= 15 is 0 Å². The lowest BCUT2D eigenvalue weighted by atomic mass is 10.1. The zero-order chi connectivity index (χ0) is 13.0. The van der Waals surface area contributed by atoms with E-state index in [1.54, 1.807) is 0 Å². The molecule has 100 valence electrons. The minimum Gasteiger partial charge on any atom is -0.376 e. The number of nitrogen functional groups attached to an aromatic ring is 1. The molecule has 5 nitrogen and oxygen atoms in total. The van der Waals surface area contributed by atoms with Crippen LogP contribution in [0.2, 0.25) is 0 Å². The fourth-order valence-corrected chi connectivity index (χ4v) is 2.32. The number of aromatic nitrogens is 1. The third-order valence-corrected chi connectivity index (χ3v) is 3.41. The summed E-state index contributed by atoms with van der Waals surface area (Å²) in [7, 11) is 0. The molecule has 1 aliphatic rings. The first-order chi connectivity index (χ1) is 8.72. The molecule has 1 aliphatic heterocycles. The highest BCUT2D eigenvalue weighted by molar-refractivity contribution is 5.33. The average molecular weight is 250 g/mol. The Labute approximate surface area is 108 Å². The van der Waals surface area contributed by atoms with E-state index < -0.39 is 0 Å². The molecule has 3 N–H and O–H groups in total. The van der Waals surface area contributed by atoms with Crippen LogP contribution in [-0.2, 0) is 11.3 Å². The Hall–Kier alpha value is -1.17. The third-order valence-electron chi connectivity index (χ3n) is 3.41. The molecule has 0 saturated carbocycles. The molecule has 1 aromatic heterocycles. The molecule has 1 fully saturated rings. The van der Waals surface area contributed by atoms with Crippen molar-refractivity contribution in [3.05, 3.63) is 23.9 Å². The molecule has 0 aromatic carbocycles. The number of nitrogens with zero attached hydrogens (tertiary/aromatic N) is 2. The molecule has 0 spiro atoms. The molecule has 18 heavy (non-hydrogen) atoms. The summed E-state index contributed by atoms with van der Waals surface area (Å²) >= 11 is 0. The van der Waals surface area contributed by atoms with Gasteiger partial charge in [-0.05, 0) is 25.0 Å². The van der Waals surface area contributed by atoms with E-state index in [1.165, 1.54) is 5.56 Å². The second-order valence-corrected chi connectivity index (χ2v) is 4.83. The first-order valence-electron chi connectivity index (χ1n) is 6.50. The third kappa shape index (κ3) is 3.19. The van der Waals surface area contributed by atoms with Crippen molar-refractivity contribution in [2.75, 3.05) is 18.6 Å². The summed E-state index contributed by atoms with van der Waals surface area (Å²) in [6.07, 6.45) is 3.30. The number of nitrogens with one attached hydrogen (secondary N) is 1. The van der Waals surface area contributed by atoms with Crippen molar-refractivity contribution in [2.24, 2.45) is 5.84 Å². The van der Waals surface area contributed by atoms with Gasteiger partial charge in [0.15, 0.2) is 0 Å². The van der Waals surface area contributed by atoms with E-state index in [0.29, 0.717) is 18.0 Å². The first kappa shape index (κ1) is 13.3. The van der Waals surface area contributed by atoms with Gasteiger partial charge in [-0.15, -0.1) is 0 Å². The van der Waals surface area contributed by atoms with Gasteiger partial charge in [-0.1, -0.05) is 13.0 Å². The van der Waals surface area contributed by atoms with Crippen LogP contribution >= 0.6 is 0 Å². The highest BCUT2D eigenvalue weighted by Gasteiger charge is 2.25. The number of hydrogen-bond donors (Lipinski definition) is 2. The Bertz CT molecular complexity index is 368. The molecule has 2 heterocycles. The summed E-state index contributed by atoms with van der Waals surface area (Å²) in [5, 5.41) is 0. The Morgan fingerprint density at radius 3 is 3.00 bits per heavy atom. The topological polar surface area (TPSA) is 63.4 Å². The van der Waals surface area contributed by atoms with Crippen LogP contribution in [-0.4, -0.2) is 35.2 Å². The van der Waals surface area contributed by atoms with E-state index in [0.717, 1.165) is 26.1 Å². The summed E-state index contributed by atoms with van der Waals surface area (Å²) < 4.78 is 5.70. The van der Waals surface area contributed by atoms with Crippen LogP contribution in [0.25, 0.3) is 0 Å². The maximum absolute atomic E-state index is 5.70. The number of rotatable bonds is 4. The van der Waals surface area contributed by atoms with E-state index in [1.807, 2.05) is 12.3 Å². The zero-order valence-corrected chi connectivity index (χ0v) is 11.1. The Morgan fingerprint density at radius 1 is 1.56 bits per heavy atom. The molecule has 0 amide bonds. The maximum atomic E-state index is 5.70. The average Bonchev–Trinajstić information content (AvgIpc) is 2.40. The largest absolute Gasteiger partial charge is 0.376 e. The summed E-state index contributed by atoms with van der Waals surface area (Å²) in [6, 6.07) is 4.48. The normalized spacial score (nSPS) is 25.1. The lowest BCUT2D eigenvalue weighted by Crippen LogP contribution is -2.47. The van der Waals surface area contributed by atoms with Crippen molar-refractivity contribution in [3.8, 4) is 0 Å². The molecule has 0 bridgehead atoms. The van der Waals surface area contributed by atoms with E-state index in [-0.39, 0.29) is 0 Å². The van der Waals surface area contributed by atoms with Crippen LogP contribution in [0.4, 0.5) is 5.82 Å². The Kier molecular flexibility index (Phi) is 4.52. The van der Waals surface area contributed by atoms with Gasteiger partial charge < -0.3 is 10.2 Å². The van der Waals surface area contributed by atoms with Gasteiger partial charge in [0, 0.05) is 25.3 Å². The number of nitrogens with two attached hydrogens (primary N) is 1. The number of morpholine rings is 1. The Morgan fingerprint density at radius 2 is 2.39 bits per heavy atom. The second-order valence-electron chi connectivity index (χ2n) is 4.83. The zero-order valence-electron chi connectivity index (χ0n) is 11.1. The van der Waals surface area contributed by atoms with Crippen molar-refractivity contribution in [1.82, 2.24) is 9.88 Å². The minimum atomic E-state index is 0.311. The van der Waals surface area contributed by atoms with Crippen LogP contribution < -0.4 is 11.3 Å². The number of hydrazine groups is 1. The highest BCUT2D eigenvalue weighted by Crippen LogP contribution is 2.17. The molecule has 0 aliphatic carbocycles. The van der Waals surface area contributed by atoms with Crippen LogP contribution in [0.1, 0.15) is 25.8 Å².